The highest BCUT2D eigenvalue weighted by atomic mass is 19.4. The van der Waals surface area contributed by atoms with E-state index in [1.54, 1.807) is 0 Å². The van der Waals surface area contributed by atoms with Gasteiger partial charge in [-0.05, 0) is 30.9 Å². The van der Waals surface area contributed by atoms with Crippen LogP contribution < -0.4 is 0 Å². The van der Waals surface area contributed by atoms with Gasteiger partial charge in [-0.25, -0.2) is 0 Å². The van der Waals surface area contributed by atoms with E-state index in [0.29, 0.717) is 18.6 Å². The molecule has 0 aliphatic rings. The molecule has 1 aromatic rings. The first-order chi connectivity index (χ1) is 10.8. The van der Waals surface area contributed by atoms with Gasteiger partial charge >= 0.3 is 23.9 Å². The lowest BCUT2D eigenvalue weighted by atomic mass is 9.94. The fraction of sp³-hybridized carbons (Fsp3) is 0.571. The van der Waals surface area contributed by atoms with Crippen LogP contribution in [0.3, 0.4) is 0 Å². The quantitative estimate of drug-likeness (QED) is 0.535. The minimum atomic E-state index is -6.91. The van der Waals surface area contributed by atoms with Gasteiger partial charge in [-0.3, -0.25) is 0 Å². The van der Waals surface area contributed by atoms with Crippen molar-refractivity contribution in [3.05, 3.63) is 35.4 Å². The van der Waals surface area contributed by atoms with Crippen molar-refractivity contribution >= 4 is 0 Å². The van der Waals surface area contributed by atoms with Crippen molar-refractivity contribution in [1.29, 1.82) is 0 Å². The maximum Gasteiger partial charge on any atom is 0.460 e. The number of halogens is 9. The summed E-state index contributed by atoms with van der Waals surface area (Å²) in [5.74, 6) is -19.3. The molecule has 0 heterocycles. The van der Waals surface area contributed by atoms with Crippen molar-refractivity contribution in [1.82, 2.24) is 0 Å². The fourth-order valence-corrected chi connectivity index (χ4v) is 1.92. The van der Waals surface area contributed by atoms with Crippen LogP contribution in [0.2, 0.25) is 0 Å². The van der Waals surface area contributed by atoms with Crippen LogP contribution in [-0.4, -0.2) is 29.7 Å². The highest BCUT2D eigenvalue weighted by Crippen LogP contribution is 2.56. The maximum atomic E-state index is 13.8. The van der Waals surface area contributed by atoms with E-state index in [-0.39, 0.29) is 25.0 Å². The summed E-state index contributed by atoms with van der Waals surface area (Å²) in [6.07, 6.45) is -6.20. The Balaban J connectivity index is 3.21. The second-order valence-electron chi connectivity index (χ2n) is 5.10. The zero-order valence-corrected chi connectivity index (χ0v) is 12.0. The predicted octanol–water partition coefficient (Wildman–Crippen LogP) is 4.93. The monoisotopic (exact) mass is 368 g/mol. The molecular formula is C14H13F9O. The van der Waals surface area contributed by atoms with Crippen LogP contribution in [0.25, 0.3) is 0 Å². The Bertz CT molecular complexity index is 551. The first kappa shape index (κ1) is 20.6. The van der Waals surface area contributed by atoms with Crippen LogP contribution in [-0.2, 0) is 12.3 Å². The van der Waals surface area contributed by atoms with Gasteiger partial charge in [0.2, 0.25) is 0 Å². The third-order valence-corrected chi connectivity index (χ3v) is 3.31. The summed E-state index contributed by atoms with van der Waals surface area (Å²) in [6.45, 7) is -0.203. The summed E-state index contributed by atoms with van der Waals surface area (Å²) < 4.78 is 116. The molecule has 0 fully saturated rings. The highest BCUT2D eigenvalue weighted by Gasteiger charge is 2.81. The number of aliphatic hydroxyl groups is 1. The summed E-state index contributed by atoms with van der Waals surface area (Å²) in [4.78, 5) is 0. The SMILES string of the molecule is OCCCCc1cccc(C(F)(F)C(F)(F)C(F)(F)C(F)(F)F)c1. The summed E-state index contributed by atoms with van der Waals surface area (Å²) in [5.41, 5.74) is -1.59. The average molecular weight is 368 g/mol. The molecule has 0 unspecified atom stereocenters. The Hall–Kier alpha value is -1.45. The molecule has 0 spiro atoms. The second-order valence-corrected chi connectivity index (χ2v) is 5.10. The van der Waals surface area contributed by atoms with Gasteiger partial charge in [0, 0.05) is 12.2 Å². The second kappa shape index (κ2) is 6.81. The van der Waals surface area contributed by atoms with E-state index in [4.69, 9.17) is 5.11 Å². The van der Waals surface area contributed by atoms with Crippen LogP contribution >= 0.6 is 0 Å². The molecule has 1 rings (SSSR count). The predicted molar refractivity (Wildman–Crippen MR) is 66.3 cm³/mol. The standard InChI is InChI=1S/C14H13F9O/c15-11(16,12(17,18)13(19,20)14(21,22)23)10-6-3-5-9(8-10)4-1-2-7-24/h3,5-6,8,24H,1-2,4,7H2. The summed E-state index contributed by atoms with van der Waals surface area (Å²) in [6, 6.07) is 2.91. The molecule has 0 saturated carbocycles. The molecule has 138 valence electrons. The molecule has 0 aromatic heterocycles. The van der Waals surface area contributed by atoms with Crippen molar-refractivity contribution in [2.75, 3.05) is 6.61 Å². The number of rotatable bonds is 7. The smallest absolute Gasteiger partial charge is 0.396 e. The molecule has 1 nitrogen and oxygen atoms in total. The van der Waals surface area contributed by atoms with E-state index in [1.807, 2.05) is 0 Å². The maximum absolute atomic E-state index is 13.8. The van der Waals surface area contributed by atoms with Crippen molar-refractivity contribution < 1.29 is 44.6 Å². The van der Waals surface area contributed by atoms with Gasteiger partial charge in [0.05, 0.1) is 0 Å². The molecule has 1 N–H and O–H groups in total. The third-order valence-electron chi connectivity index (χ3n) is 3.31. The van der Waals surface area contributed by atoms with E-state index in [2.05, 4.69) is 0 Å². The fourth-order valence-electron chi connectivity index (χ4n) is 1.92. The van der Waals surface area contributed by atoms with E-state index >= 15 is 0 Å². The zero-order valence-electron chi connectivity index (χ0n) is 12.0. The molecule has 0 aliphatic heterocycles. The van der Waals surface area contributed by atoms with Crippen molar-refractivity contribution in [2.24, 2.45) is 0 Å². The summed E-state index contributed by atoms with van der Waals surface area (Å²) in [5, 5.41) is 8.59. The first-order valence-corrected chi connectivity index (χ1v) is 6.69. The number of alkyl halides is 9. The van der Waals surface area contributed by atoms with Gasteiger partial charge in [-0.2, -0.15) is 39.5 Å². The lowest BCUT2D eigenvalue weighted by Crippen LogP contribution is -2.59. The molecule has 1 aromatic carbocycles. The Morgan fingerprint density at radius 1 is 0.792 bits per heavy atom. The van der Waals surface area contributed by atoms with Crippen LogP contribution in [0.5, 0.6) is 0 Å². The Morgan fingerprint density at radius 3 is 1.88 bits per heavy atom. The lowest BCUT2D eigenvalue weighted by molar-refractivity contribution is -0.399. The first-order valence-electron chi connectivity index (χ1n) is 6.69. The van der Waals surface area contributed by atoms with Gasteiger partial charge in [-0.1, -0.05) is 18.2 Å². The van der Waals surface area contributed by atoms with Gasteiger partial charge in [-0.15, -0.1) is 0 Å². The van der Waals surface area contributed by atoms with E-state index in [1.165, 1.54) is 6.07 Å². The van der Waals surface area contributed by atoms with E-state index in [0.717, 1.165) is 6.07 Å². The topological polar surface area (TPSA) is 20.2 Å². The van der Waals surface area contributed by atoms with Gasteiger partial charge in [0.25, 0.3) is 0 Å². The van der Waals surface area contributed by atoms with Gasteiger partial charge in [0.15, 0.2) is 0 Å². The van der Waals surface area contributed by atoms with Gasteiger partial charge < -0.3 is 5.11 Å². The Labute approximate surface area is 131 Å². The van der Waals surface area contributed by atoms with Gasteiger partial charge in [0.1, 0.15) is 0 Å². The number of hydrogen-bond donors (Lipinski definition) is 1. The molecule has 0 amide bonds. The number of benzene rings is 1. The average Bonchev–Trinajstić information content (AvgIpc) is 2.46. The molecule has 0 saturated heterocycles. The van der Waals surface area contributed by atoms with E-state index < -0.39 is 29.5 Å². The Kier molecular flexibility index (Phi) is 5.85. The van der Waals surface area contributed by atoms with E-state index in [9.17, 15) is 39.5 Å². The number of unbranched alkanes of at least 4 members (excludes halogenated alkanes) is 1. The molecule has 0 atom stereocenters. The molecule has 10 heteroatoms. The Morgan fingerprint density at radius 2 is 1.38 bits per heavy atom. The minimum Gasteiger partial charge on any atom is -0.396 e. The third kappa shape index (κ3) is 3.62. The summed E-state index contributed by atoms with van der Waals surface area (Å²) >= 11 is 0. The van der Waals surface area contributed by atoms with Crippen molar-refractivity contribution in [2.45, 2.75) is 43.2 Å². The van der Waals surface area contributed by atoms with Crippen LogP contribution in [0, 0.1) is 0 Å². The number of hydrogen-bond acceptors (Lipinski definition) is 1. The summed E-state index contributed by atoms with van der Waals surface area (Å²) in [7, 11) is 0. The largest absolute Gasteiger partial charge is 0.460 e. The molecule has 24 heavy (non-hydrogen) atoms. The molecular weight excluding hydrogens is 355 g/mol. The van der Waals surface area contributed by atoms with Crippen LogP contribution in [0.15, 0.2) is 24.3 Å². The lowest BCUT2D eigenvalue weighted by Gasteiger charge is -2.34. The van der Waals surface area contributed by atoms with Crippen molar-refractivity contribution in [3.63, 3.8) is 0 Å². The zero-order chi connectivity index (χ0) is 18.8. The molecule has 0 radical (unpaired) electrons. The number of aryl methyl sites for hydroxylation is 1. The normalized spacial score (nSPS) is 14.1. The minimum absolute atomic E-state index is 0.0479. The van der Waals surface area contributed by atoms with Crippen LogP contribution in [0.1, 0.15) is 24.0 Å². The highest BCUT2D eigenvalue weighted by molar-refractivity contribution is 5.29. The number of aliphatic hydroxyl groups excluding tert-OH is 1. The van der Waals surface area contributed by atoms with Crippen molar-refractivity contribution in [3.8, 4) is 0 Å². The van der Waals surface area contributed by atoms with Crippen LogP contribution in [0.4, 0.5) is 39.5 Å². The molecule has 0 aliphatic carbocycles. The molecule has 0 bridgehead atoms.